The van der Waals surface area contributed by atoms with E-state index in [-0.39, 0.29) is 6.61 Å². The number of nitrogens with one attached hydrogen (secondary N) is 1. The van der Waals surface area contributed by atoms with Crippen LogP contribution in [0.5, 0.6) is 0 Å². The van der Waals surface area contributed by atoms with Crippen LogP contribution in [-0.2, 0) is 13.2 Å². The van der Waals surface area contributed by atoms with Crippen molar-refractivity contribution in [1.29, 1.82) is 0 Å². The molecule has 2 nitrogen and oxygen atoms in total. The van der Waals surface area contributed by atoms with E-state index in [2.05, 4.69) is 21.2 Å². The molecule has 0 fully saturated rings. The molecule has 2 N–H and O–H groups in total. The number of halogens is 1. The van der Waals surface area contributed by atoms with Crippen LogP contribution in [0.3, 0.4) is 0 Å². The second-order valence-corrected chi connectivity index (χ2v) is 3.52. The summed E-state index contributed by atoms with van der Waals surface area (Å²) in [6.07, 6.45) is 0. The minimum absolute atomic E-state index is 0.0937. The Kier molecular flexibility index (Phi) is 3.72. The molecular formula is C9H12BrNO. The Morgan fingerprint density at radius 2 is 2.17 bits per heavy atom. The molecule has 0 aliphatic carbocycles. The Morgan fingerprint density at radius 1 is 1.42 bits per heavy atom. The third kappa shape index (κ3) is 2.30. The third-order valence-corrected chi connectivity index (χ3v) is 2.20. The molecule has 1 aromatic rings. The van der Waals surface area contributed by atoms with Crippen LogP contribution < -0.4 is 5.32 Å². The van der Waals surface area contributed by atoms with Crippen LogP contribution >= 0.6 is 15.9 Å². The summed E-state index contributed by atoms with van der Waals surface area (Å²) in [6, 6.07) is 5.92. The van der Waals surface area contributed by atoms with E-state index >= 15 is 0 Å². The van der Waals surface area contributed by atoms with Crippen LogP contribution in [0.4, 0.5) is 0 Å². The Bertz CT molecular complexity index is 263. The Hall–Kier alpha value is -0.380. The van der Waals surface area contributed by atoms with Crippen molar-refractivity contribution in [2.45, 2.75) is 13.2 Å². The smallest absolute Gasteiger partial charge is 0.0685 e. The molecule has 0 heterocycles. The molecule has 0 radical (unpaired) electrons. The molecule has 1 aromatic carbocycles. The van der Waals surface area contributed by atoms with E-state index < -0.39 is 0 Å². The summed E-state index contributed by atoms with van der Waals surface area (Å²) >= 11 is 3.36. The molecule has 0 saturated carbocycles. The van der Waals surface area contributed by atoms with Crippen molar-refractivity contribution >= 4 is 15.9 Å². The molecule has 0 amide bonds. The summed E-state index contributed by atoms with van der Waals surface area (Å²) in [5.74, 6) is 0. The molecule has 12 heavy (non-hydrogen) atoms. The Morgan fingerprint density at radius 3 is 2.75 bits per heavy atom. The van der Waals surface area contributed by atoms with Gasteiger partial charge in [0, 0.05) is 11.0 Å². The molecule has 0 spiro atoms. The first-order valence-electron chi connectivity index (χ1n) is 3.80. The van der Waals surface area contributed by atoms with E-state index in [4.69, 9.17) is 5.11 Å². The van der Waals surface area contributed by atoms with Gasteiger partial charge in [0.1, 0.15) is 0 Å². The fraction of sp³-hybridized carbons (Fsp3) is 0.333. The van der Waals surface area contributed by atoms with Crippen molar-refractivity contribution in [2.75, 3.05) is 7.05 Å². The van der Waals surface area contributed by atoms with Crippen LogP contribution in [-0.4, -0.2) is 12.2 Å². The maximum absolute atomic E-state index is 9.02. The number of benzene rings is 1. The number of hydrogen-bond donors (Lipinski definition) is 2. The second kappa shape index (κ2) is 4.60. The average Bonchev–Trinajstić information content (AvgIpc) is 2.08. The molecule has 0 atom stereocenters. The predicted molar refractivity (Wildman–Crippen MR) is 52.8 cm³/mol. The number of rotatable bonds is 3. The van der Waals surface area contributed by atoms with Crippen LogP contribution in [0, 0.1) is 0 Å². The van der Waals surface area contributed by atoms with Gasteiger partial charge in [-0.3, -0.25) is 0 Å². The molecule has 3 heteroatoms. The maximum Gasteiger partial charge on any atom is 0.0685 e. The highest BCUT2D eigenvalue weighted by Gasteiger charge is 2.00. The molecular weight excluding hydrogens is 218 g/mol. The molecule has 0 bridgehead atoms. The van der Waals surface area contributed by atoms with Gasteiger partial charge in [0.05, 0.1) is 6.61 Å². The van der Waals surface area contributed by atoms with Crippen LogP contribution in [0.25, 0.3) is 0 Å². The topological polar surface area (TPSA) is 32.3 Å². The van der Waals surface area contributed by atoms with E-state index in [1.54, 1.807) is 0 Å². The van der Waals surface area contributed by atoms with Gasteiger partial charge in [-0.2, -0.15) is 0 Å². The standard InChI is InChI=1S/C9H12BrNO/c1-11-5-7-2-3-9(10)4-8(7)6-12/h2-4,11-12H,5-6H2,1H3. The predicted octanol–water partition coefficient (Wildman–Crippen LogP) is 1.66. The van der Waals surface area contributed by atoms with Crippen LogP contribution in [0.1, 0.15) is 11.1 Å². The van der Waals surface area contributed by atoms with Gasteiger partial charge >= 0.3 is 0 Å². The van der Waals surface area contributed by atoms with Gasteiger partial charge in [-0.25, -0.2) is 0 Å². The van der Waals surface area contributed by atoms with Gasteiger partial charge in [-0.15, -0.1) is 0 Å². The van der Waals surface area contributed by atoms with Crippen molar-refractivity contribution in [1.82, 2.24) is 5.32 Å². The van der Waals surface area contributed by atoms with Gasteiger partial charge < -0.3 is 10.4 Å². The van der Waals surface area contributed by atoms with Gasteiger partial charge in [0.25, 0.3) is 0 Å². The summed E-state index contributed by atoms with van der Waals surface area (Å²) < 4.78 is 1.01. The molecule has 0 aromatic heterocycles. The first-order chi connectivity index (χ1) is 5.77. The van der Waals surface area contributed by atoms with Crippen LogP contribution in [0.2, 0.25) is 0 Å². The first-order valence-corrected chi connectivity index (χ1v) is 4.60. The molecule has 66 valence electrons. The quantitative estimate of drug-likeness (QED) is 0.827. The lowest BCUT2D eigenvalue weighted by Gasteiger charge is -2.06. The van der Waals surface area contributed by atoms with Gasteiger partial charge in [-0.1, -0.05) is 22.0 Å². The summed E-state index contributed by atoms with van der Waals surface area (Å²) in [7, 11) is 1.89. The largest absolute Gasteiger partial charge is 0.392 e. The second-order valence-electron chi connectivity index (χ2n) is 2.60. The van der Waals surface area contributed by atoms with Crippen molar-refractivity contribution in [3.05, 3.63) is 33.8 Å². The third-order valence-electron chi connectivity index (χ3n) is 1.71. The zero-order chi connectivity index (χ0) is 8.97. The fourth-order valence-corrected chi connectivity index (χ4v) is 1.51. The zero-order valence-corrected chi connectivity index (χ0v) is 8.56. The van der Waals surface area contributed by atoms with E-state index in [0.29, 0.717) is 0 Å². The van der Waals surface area contributed by atoms with Crippen molar-refractivity contribution in [3.63, 3.8) is 0 Å². The monoisotopic (exact) mass is 229 g/mol. The van der Waals surface area contributed by atoms with E-state index in [9.17, 15) is 0 Å². The van der Waals surface area contributed by atoms with Crippen molar-refractivity contribution in [3.8, 4) is 0 Å². The summed E-state index contributed by atoms with van der Waals surface area (Å²) in [5, 5.41) is 12.1. The molecule has 0 aliphatic heterocycles. The van der Waals surface area contributed by atoms with Crippen molar-refractivity contribution < 1.29 is 5.11 Å². The zero-order valence-electron chi connectivity index (χ0n) is 6.97. The highest BCUT2D eigenvalue weighted by molar-refractivity contribution is 9.10. The highest BCUT2D eigenvalue weighted by atomic mass is 79.9. The van der Waals surface area contributed by atoms with E-state index in [1.165, 1.54) is 0 Å². The fourth-order valence-electron chi connectivity index (χ4n) is 1.10. The summed E-state index contributed by atoms with van der Waals surface area (Å²) in [6.45, 7) is 0.889. The Balaban J connectivity index is 2.94. The normalized spacial score (nSPS) is 10.2. The average molecular weight is 230 g/mol. The van der Waals surface area contributed by atoms with Gasteiger partial charge in [0.15, 0.2) is 0 Å². The van der Waals surface area contributed by atoms with E-state index in [1.807, 2.05) is 25.2 Å². The summed E-state index contributed by atoms with van der Waals surface area (Å²) in [4.78, 5) is 0. The SMILES string of the molecule is CNCc1ccc(Br)cc1CO. The molecule has 1 rings (SSSR count). The number of aliphatic hydroxyl groups is 1. The minimum Gasteiger partial charge on any atom is -0.392 e. The first kappa shape index (κ1) is 9.71. The number of aliphatic hydroxyl groups excluding tert-OH is 1. The highest BCUT2D eigenvalue weighted by Crippen LogP contribution is 2.16. The van der Waals surface area contributed by atoms with Crippen molar-refractivity contribution in [2.24, 2.45) is 0 Å². The van der Waals surface area contributed by atoms with Gasteiger partial charge in [0.2, 0.25) is 0 Å². The van der Waals surface area contributed by atoms with Gasteiger partial charge in [-0.05, 0) is 30.3 Å². The lowest BCUT2D eigenvalue weighted by atomic mass is 10.1. The lowest BCUT2D eigenvalue weighted by molar-refractivity contribution is 0.280. The van der Waals surface area contributed by atoms with E-state index in [0.717, 1.165) is 22.1 Å². The molecule has 0 saturated heterocycles. The molecule has 0 unspecified atom stereocenters. The maximum atomic E-state index is 9.02. The summed E-state index contributed by atoms with van der Waals surface area (Å²) in [5.41, 5.74) is 2.11. The molecule has 0 aliphatic rings. The minimum atomic E-state index is 0.0937. The Labute approximate surface area is 80.7 Å². The lowest BCUT2D eigenvalue weighted by Crippen LogP contribution is -2.07. The number of hydrogen-bond acceptors (Lipinski definition) is 2. The van der Waals surface area contributed by atoms with Crippen LogP contribution in [0.15, 0.2) is 22.7 Å².